The Labute approximate surface area is 141 Å². The Bertz CT molecular complexity index is 671. The molecule has 6 heteroatoms. The van der Waals surface area contributed by atoms with Crippen LogP contribution in [0.4, 0.5) is 0 Å². The summed E-state index contributed by atoms with van der Waals surface area (Å²) in [5, 5.41) is 0. The molecule has 1 amide bonds. The third kappa shape index (κ3) is 4.81. The Balaban J connectivity index is 2.14. The Morgan fingerprint density at radius 1 is 1.04 bits per heavy atom. The fourth-order valence-corrected chi connectivity index (χ4v) is 2.21. The van der Waals surface area contributed by atoms with E-state index in [0.717, 1.165) is 11.3 Å². The third-order valence-corrected chi connectivity index (χ3v) is 3.56. The summed E-state index contributed by atoms with van der Waals surface area (Å²) in [5.74, 6) is 0.245. The number of amides is 1. The summed E-state index contributed by atoms with van der Waals surface area (Å²) >= 11 is 0. The van der Waals surface area contributed by atoms with Crippen molar-refractivity contribution in [2.45, 2.75) is 13.0 Å². The van der Waals surface area contributed by atoms with Crippen LogP contribution in [0, 0.1) is 0 Å². The van der Waals surface area contributed by atoms with Gasteiger partial charge in [-0.25, -0.2) is 0 Å². The quantitative estimate of drug-likeness (QED) is 0.730. The molecule has 0 unspecified atom stereocenters. The van der Waals surface area contributed by atoms with Crippen molar-refractivity contribution in [1.82, 2.24) is 9.88 Å². The van der Waals surface area contributed by atoms with Crippen molar-refractivity contribution in [2.75, 3.05) is 20.8 Å². The lowest BCUT2D eigenvalue weighted by Crippen LogP contribution is -2.32. The van der Waals surface area contributed by atoms with Crippen molar-refractivity contribution in [3.8, 4) is 5.75 Å². The van der Waals surface area contributed by atoms with Crippen LogP contribution in [0.15, 0.2) is 48.8 Å². The molecule has 24 heavy (non-hydrogen) atoms. The molecule has 2 aromatic rings. The van der Waals surface area contributed by atoms with E-state index >= 15 is 0 Å². The van der Waals surface area contributed by atoms with E-state index in [1.807, 2.05) is 24.3 Å². The van der Waals surface area contributed by atoms with Crippen LogP contribution in [0.3, 0.4) is 0 Å². The van der Waals surface area contributed by atoms with E-state index in [9.17, 15) is 9.59 Å². The highest BCUT2D eigenvalue weighted by atomic mass is 16.5. The van der Waals surface area contributed by atoms with Gasteiger partial charge in [0.15, 0.2) is 0 Å². The molecule has 0 aliphatic heterocycles. The predicted octanol–water partition coefficient (Wildman–Crippen LogP) is 2.30. The van der Waals surface area contributed by atoms with E-state index in [4.69, 9.17) is 4.74 Å². The predicted molar refractivity (Wildman–Crippen MR) is 88.6 cm³/mol. The van der Waals surface area contributed by atoms with Gasteiger partial charge in [0.2, 0.25) is 0 Å². The highest BCUT2D eigenvalue weighted by molar-refractivity contribution is 5.94. The first kappa shape index (κ1) is 17.5. The first-order valence-electron chi connectivity index (χ1n) is 7.53. The van der Waals surface area contributed by atoms with E-state index in [2.05, 4.69) is 9.72 Å². The lowest BCUT2D eigenvalue weighted by atomic mass is 10.1. The Morgan fingerprint density at radius 3 is 2.29 bits per heavy atom. The van der Waals surface area contributed by atoms with Gasteiger partial charge in [0.25, 0.3) is 5.91 Å². The molecule has 0 atom stereocenters. The molecule has 0 N–H and O–H groups in total. The molecule has 0 aliphatic rings. The average molecular weight is 328 g/mol. The summed E-state index contributed by atoms with van der Waals surface area (Å²) in [6, 6.07) is 10.8. The van der Waals surface area contributed by atoms with Gasteiger partial charge in [-0.3, -0.25) is 14.6 Å². The Hall–Kier alpha value is -2.89. The van der Waals surface area contributed by atoms with E-state index in [1.54, 1.807) is 36.5 Å². The first-order chi connectivity index (χ1) is 11.6. The number of carbonyl (C=O) groups excluding carboxylic acids is 2. The minimum Gasteiger partial charge on any atom is -0.497 e. The number of hydrogen-bond donors (Lipinski definition) is 0. The fourth-order valence-electron chi connectivity index (χ4n) is 2.21. The van der Waals surface area contributed by atoms with Gasteiger partial charge in [-0.15, -0.1) is 0 Å². The highest BCUT2D eigenvalue weighted by Crippen LogP contribution is 2.15. The monoisotopic (exact) mass is 328 g/mol. The molecule has 0 radical (unpaired) electrons. The van der Waals surface area contributed by atoms with Crippen molar-refractivity contribution < 1.29 is 19.1 Å². The molecule has 0 fully saturated rings. The second kappa shape index (κ2) is 8.67. The molecule has 0 aliphatic carbocycles. The Kier molecular flexibility index (Phi) is 6.31. The molecule has 1 aromatic carbocycles. The van der Waals surface area contributed by atoms with Crippen LogP contribution in [-0.2, 0) is 16.1 Å². The van der Waals surface area contributed by atoms with Crippen LogP contribution in [0.25, 0.3) is 0 Å². The zero-order valence-corrected chi connectivity index (χ0v) is 13.8. The summed E-state index contributed by atoms with van der Waals surface area (Å²) in [6.07, 6.45) is 3.28. The molecule has 126 valence electrons. The number of methoxy groups -OCH3 is 2. The molecular weight excluding hydrogens is 308 g/mol. The van der Waals surface area contributed by atoms with Gasteiger partial charge in [0.1, 0.15) is 5.75 Å². The van der Waals surface area contributed by atoms with Crippen molar-refractivity contribution >= 4 is 11.9 Å². The van der Waals surface area contributed by atoms with Crippen LogP contribution in [0.1, 0.15) is 22.3 Å². The van der Waals surface area contributed by atoms with Gasteiger partial charge >= 0.3 is 5.97 Å². The van der Waals surface area contributed by atoms with Crippen molar-refractivity contribution in [2.24, 2.45) is 0 Å². The standard InChI is InChI=1S/C18H20N2O4/c1-23-16-5-3-14(4-6-16)13-20(12-9-17(21)24-2)18(22)15-7-10-19-11-8-15/h3-8,10-11H,9,12-13H2,1-2H3. The summed E-state index contributed by atoms with van der Waals surface area (Å²) in [7, 11) is 2.94. The number of aromatic nitrogens is 1. The number of esters is 1. The first-order valence-corrected chi connectivity index (χ1v) is 7.53. The molecule has 0 saturated carbocycles. The summed E-state index contributed by atoms with van der Waals surface area (Å²) in [6.45, 7) is 0.669. The zero-order valence-electron chi connectivity index (χ0n) is 13.8. The number of carbonyl (C=O) groups is 2. The largest absolute Gasteiger partial charge is 0.497 e. The summed E-state index contributed by atoms with van der Waals surface area (Å²) in [4.78, 5) is 29.7. The number of benzene rings is 1. The van der Waals surface area contributed by atoms with E-state index in [1.165, 1.54) is 7.11 Å². The van der Waals surface area contributed by atoms with Crippen molar-refractivity contribution in [1.29, 1.82) is 0 Å². The second-order valence-corrected chi connectivity index (χ2v) is 5.14. The number of nitrogens with zero attached hydrogens (tertiary/aromatic N) is 2. The van der Waals surface area contributed by atoms with Crippen LogP contribution in [0.2, 0.25) is 0 Å². The van der Waals surface area contributed by atoms with Gasteiger partial charge in [-0.1, -0.05) is 12.1 Å². The number of pyridine rings is 1. The summed E-state index contributed by atoms with van der Waals surface area (Å²) in [5.41, 5.74) is 1.48. The van der Waals surface area contributed by atoms with Gasteiger partial charge in [0.05, 0.1) is 20.6 Å². The lowest BCUT2D eigenvalue weighted by molar-refractivity contribution is -0.140. The third-order valence-electron chi connectivity index (χ3n) is 3.56. The fraction of sp³-hybridized carbons (Fsp3) is 0.278. The van der Waals surface area contributed by atoms with Gasteiger partial charge in [-0.2, -0.15) is 0 Å². The molecule has 1 aromatic heterocycles. The van der Waals surface area contributed by atoms with E-state index < -0.39 is 0 Å². The van der Waals surface area contributed by atoms with Gasteiger partial charge < -0.3 is 14.4 Å². The maximum absolute atomic E-state index is 12.7. The molecule has 0 saturated heterocycles. The van der Waals surface area contributed by atoms with E-state index in [-0.39, 0.29) is 24.8 Å². The van der Waals surface area contributed by atoms with Gasteiger partial charge in [0, 0.05) is 31.0 Å². The average Bonchev–Trinajstić information content (AvgIpc) is 2.65. The maximum atomic E-state index is 12.7. The molecule has 0 spiro atoms. The zero-order chi connectivity index (χ0) is 17.4. The molecule has 0 bridgehead atoms. The summed E-state index contributed by atoms with van der Waals surface area (Å²) < 4.78 is 9.80. The highest BCUT2D eigenvalue weighted by Gasteiger charge is 2.17. The topological polar surface area (TPSA) is 68.7 Å². The van der Waals surface area contributed by atoms with Crippen LogP contribution in [-0.4, -0.2) is 42.5 Å². The normalized spacial score (nSPS) is 10.1. The van der Waals surface area contributed by atoms with Crippen molar-refractivity contribution in [3.63, 3.8) is 0 Å². The van der Waals surface area contributed by atoms with Crippen LogP contribution in [0.5, 0.6) is 5.75 Å². The SMILES string of the molecule is COC(=O)CCN(Cc1ccc(OC)cc1)C(=O)c1ccncc1. The van der Waals surface area contributed by atoms with E-state index in [0.29, 0.717) is 12.1 Å². The number of rotatable bonds is 7. The smallest absolute Gasteiger partial charge is 0.307 e. The Morgan fingerprint density at radius 2 is 1.71 bits per heavy atom. The minimum atomic E-state index is -0.350. The maximum Gasteiger partial charge on any atom is 0.307 e. The minimum absolute atomic E-state index is 0.142. The lowest BCUT2D eigenvalue weighted by Gasteiger charge is -2.22. The number of ether oxygens (including phenoxy) is 2. The van der Waals surface area contributed by atoms with Gasteiger partial charge in [-0.05, 0) is 29.8 Å². The molecule has 2 rings (SSSR count). The second-order valence-electron chi connectivity index (χ2n) is 5.14. The molecular formula is C18H20N2O4. The van der Waals surface area contributed by atoms with Crippen LogP contribution >= 0.6 is 0 Å². The van der Waals surface area contributed by atoms with Crippen LogP contribution < -0.4 is 4.74 Å². The molecule has 1 heterocycles. The number of hydrogen-bond acceptors (Lipinski definition) is 5. The molecule has 6 nitrogen and oxygen atoms in total. The van der Waals surface area contributed by atoms with Crippen molar-refractivity contribution in [3.05, 3.63) is 59.9 Å².